The molecule has 0 unspecified atom stereocenters. The van der Waals surface area contributed by atoms with E-state index in [0.717, 1.165) is 5.56 Å². The van der Waals surface area contributed by atoms with Gasteiger partial charge in [-0.2, -0.15) is 0 Å². The van der Waals surface area contributed by atoms with Crippen LogP contribution in [0.3, 0.4) is 0 Å². The Morgan fingerprint density at radius 1 is 1.38 bits per heavy atom. The maximum absolute atomic E-state index is 11.1. The van der Waals surface area contributed by atoms with E-state index in [9.17, 15) is 18.5 Å². The van der Waals surface area contributed by atoms with E-state index >= 15 is 0 Å². The number of sulfone groups is 1. The van der Waals surface area contributed by atoms with Crippen LogP contribution in [-0.4, -0.2) is 50.4 Å². The summed E-state index contributed by atoms with van der Waals surface area (Å²) in [4.78, 5) is 12.5. The minimum absolute atomic E-state index is 0.0332. The molecule has 0 atom stereocenters. The van der Waals surface area contributed by atoms with Gasteiger partial charge in [-0.15, -0.1) is 0 Å². The number of nitro benzene ring substituents is 1. The molecule has 7 nitrogen and oxygen atoms in total. The van der Waals surface area contributed by atoms with Crippen LogP contribution in [0.2, 0.25) is 0 Å². The number of nitrogens with zero attached hydrogens (tertiary/aromatic N) is 2. The topological polar surface area (TPSA) is 92.6 Å². The molecule has 0 aliphatic carbocycles. The van der Waals surface area contributed by atoms with Crippen molar-refractivity contribution in [2.45, 2.75) is 13.5 Å². The van der Waals surface area contributed by atoms with Gasteiger partial charge in [-0.25, -0.2) is 8.42 Å². The lowest BCUT2D eigenvalue weighted by Gasteiger charge is -2.16. The summed E-state index contributed by atoms with van der Waals surface area (Å²) in [5.41, 5.74) is 1.30. The van der Waals surface area contributed by atoms with Gasteiger partial charge in [0, 0.05) is 32.0 Å². The van der Waals surface area contributed by atoms with E-state index in [4.69, 9.17) is 0 Å². The zero-order valence-electron chi connectivity index (χ0n) is 12.5. The third-order valence-electron chi connectivity index (χ3n) is 2.92. The predicted octanol–water partition coefficient (Wildman–Crippen LogP) is 1.50. The van der Waals surface area contributed by atoms with Crippen molar-refractivity contribution in [3.05, 3.63) is 33.9 Å². The molecular weight excluding hydrogens is 294 g/mol. The van der Waals surface area contributed by atoms with Gasteiger partial charge in [0.1, 0.15) is 15.5 Å². The van der Waals surface area contributed by atoms with Gasteiger partial charge in [-0.3, -0.25) is 10.1 Å². The average Bonchev–Trinajstić information content (AvgIpc) is 2.37. The fourth-order valence-electron chi connectivity index (χ4n) is 1.88. The van der Waals surface area contributed by atoms with Gasteiger partial charge in [0.25, 0.3) is 5.69 Å². The molecule has 118 valence electrons. The van der Waals surface area contributed by atoms with Crippen molar-refractivity contribution in [2.75, 3.05) is 37.5 Å². The van der Waals surface area contributed by atoms with Crippen molar-refractivity contribution in [1.29, 1.82) is 0 Å². The summed E-state index contributed by atoms with van der Waals surface area (Å²) in [7, 11) is -1.22. The van der Waals surface area contributed by atoms with Gasteiger partial charge < -0.3 is 10.2 Å². The summed E-state index contributed by atoms with van der Waals surface area (Å²) in [5, 5.41) is 14.0. The zero-order valence-corrected chi connectivity index (χ0v) is 13.3. The van der Waals surface area contributed by atoms with Crippen LogP contribution in [0.5, 0.6) is 0 Å². The Labute approximate surface area is 125 Å². The van der Waals surface area contributed by atoms with Gasteiger partial charge in [0.2, 0.25) is 0 Å². The Hall–Kier alpha value is -1.67. The first-order chi connectivity index (χ1) is 9.73. The molecule has 0 spiro atoms. The number of anilines is 1. The molecule has 0 fully saturated rings. The largest absolute Gasteiger partial charge is 0.380 e. The Morgan fingerprint density at radius 3 is 2.57 bits per heavy atom. The van der Waals surface area contributed by atoms with E-state index in [0.29, 0.717) is 25.3 Å². The zero-order chi connectivity index (χ0) is 16.0. The molecule has 1 rings (SSSR count). The Balaban J connectivity index is 2.80. The summed E-state index contributed by atoms with van der Waals surface area (Å²) in [6.45, 7) is 3.33. The second-order valence-corrected chi connectivity index (χ2v) is 7.27. The molecule has 0 aromatic heterocycles. The highest BCUT2D eigenvalue weighted by Crippen LogP contribution is 2.25. The molecular formula is C13H21N3O4S. The summed E-state index contributed by atoms with van der Waals surface area (Å²) in [6.07, 6.45) is 1.19. The highest BCUT2D eigenvalue weighted by atomic mass is 32.2. The van der Waals surface area contributed by atoms with Crippen molar-refractivity contribution in [3.63, 3.8) is 0 Å². The second-order valence-electron chi connectivity index (χ2n) is 5.01. The third kappa shape index (κ3) is 6.09. The maximum atomic E-state index is 11.1. The predicted molar refractivity (Wildman–Crippen MR) is 83.3 cm³/mol. The first-order valence-corrected chi connectivity index (χ1v) is 8.66. The highest BCUT2D eigenvalue weighted by molar-refractivity contribution is 7.90. The highest BCUT2D eigenvalue weighted by Gasteiger charge is 2.15. The van der Waals surface area contributed by atoms with Gasteiger partial charge in [0.05, 0.1) is 10.7 Å². The standard InChI is InChI=1S/C13H21N3O4S/c1-4-14-12-6-5-11(9-13(12)16(17)18)10-15(2)7-8-21(3,19)20/h5-6,9,14H,4,7-8,10H2,1-3H3. The van der Waals surface area contributed by atoms with Gasteiger partial charge in [0.15, 0.2) is 0 Å². The van der Waals surface area contributed by atoms with Crippen molar-refractivity contribution in [1.82, 2.24) is 4.90 Å². The van der Waals surface area contributed by atoms with Crippen molar-refractivity contribution >= 4 is 21.2 Å². The molecule has 1 aromatic carbocycles. The van der Waals surface area contributed by atoms with Crippen LogP contribution in [0.15, 0.2) is 18.2 Å². The van der Waals surface area contributed by atoms with Crippen LogP contribution in [0.25, 0.3) is 0 Å². The van der Waals surface area contributed by atoms with Crippen LogP contribution in [0.1, 0.15) is 12.5 Å². The van der Waals surface area contributed by atoms with Gasteiger partial charge in [-0.1, -0.05) is 6.07 Å². The number of hydrogen-bond donors (Lipinski definition) is 1. The van der Waals surface area contributed by atoms with E-state index in [2.05, 4.69) is 5.32 Å². The van der Waals surface area contributed by atoms with Gasteiger partial charge >= 0.3 is 0 Å². The Bertz CT molecular complexity index is 601. The van der Waals surface area contributed by atoms with Crippen molar-refractivity contribution < 1.29 is 13.3 Å². The number of nitrogens with one attached hydrogen (secondary N) is 1. The molecule has 0 bridgehead atoms. The van der Waals surface area contributed by atoms with Crippen LogP contribution in [-0.2, 0) is 16.4 Å². The number of hydrogen-bond acceptors (Lipinski definition) is 6. The Morgan fingerprint density at radius 2 is 2.05 bits per heavy atom. The van der Waals surface area contributed by atoms with Crippen molar-refractivity contribution in [2.24, 2.45) is 0 Å². The minimum Gasteiger partial charge on any atom is -0.380 e. The van der Waals surface area contributed by atoms with E-state index in [-0.39, 0.29) is 11.4 Å². The van der Waals surface area contributed by atoms with Crippen LogP contribution in [0.4, 0.5) is 11.4 Å². The molecule has 0 saturated carbocycles. The minimum atomic E-state index is -3.01. The smallest absolute Gasteiger partial charge is 0.292 e. The monoisotopic (exact) mass is 315 g/mol. The molecule has 0 radical (unpaired) electrons. The van der Waals surface area contributed by atoms with Crippen LogP contribution >= 0.6 is 0 Å². The van der Waals surface area contributed by atoms with Crippen LogP contribution < -0.4 is 5.32 Å². The summed E-state index contributed by atoms with van der Waals surface area (Å²) < 4.78 is 22.2. The first kappa shape index (κ1) is 17.4. The fourth-order valence-corrected chi connectivity index (χ4v) is 2.52. The van der Waals surface area contributed by atoms with Gasteiger partial charge in [-0.05, 0) is 25.6 Å². The number of benzene rings is 1. The average molecular weight is 315 g/mol. The Kier molecular flexibility index (Phi) is 6.10. The molecule has 0 saturated heterocycles. The number of nitro groups is 1. The third-order valence-corrected chi connectivity index (χ3v) is 3.85. The molecule has 1 N–H and O–H groups in total. The van der Waals surface area contributed by atoms with Crippen molar-refractivity contribution in [3.8, 4) is 0 Å². The molecule has 0 amide bonds. The molecule has 21 heavy (non-hydrogen) atoms. The van der Waals surface area contributed by atoms with E-state index in [1.54, 1.807) is 13.1 Å². The lowest BCUT2D eigenvalue weighted by Crippen LogP contribution is -2.24. The van der Waals surface area contributed by atoms with E-state index < -0.39 is 14.8 Å². The fraction of sp³-hybridized carbons (Fsp3) is 0.538. The van der Waals surface area contributed by atoms with E-state index in [1.807, 2.05) is 17.9 Å². The molecule has 8 heteroatoms. The molecule has 0 heterocycles. The summed E-state index contributed by atoms with van der Waals surface area (Å²) in [5.74, 6) is 0.0705. The molecule has 0 aliphatic heterocycles. The number of rotatable bonds is 8. The SMILES string of the molecule is CCNc1ccc(CN(C)CCS(C)(=O)=O)cc1[N+](=O)[O-]. The normalized spacial score (nSPS) is 11.6. The summed E-state index contributed by atoms with van der Waals surface area (Å²) >= 11 is 0. The summed E-state index contributed by atoms with van der Waals surface area (Å²) in [6, 6.07) is 5.01. The van der Waals surface area contributed by atoms with E-state index in [1.165, 1.54) is 12.3 Å². The van der Waals surface area contributed by atoms with Crippen LogP contribution in [0, 0.1) is 10.1 Å². The first-order valence-electron chi connectivity index (χ1n) is 6.60. The lowest BCUT2D eigenvalue weighted by atomic mass is 10.1. The maximum Gasteiger partial charge on any atom is 0.292 e. The molecule has 0 aliphatic rings. The quantitative estimate of drug-likeness (QED) is 0.577. The molecule has 1 aromatic rings. The second kappa shape index (κ2) is 7.37. The lowest BCUT2D eigenvalue weighted by molar-refractivity contribution is -0.384.